The predicted octanol–water partition coefficient (Wildman–Crippen LogP) is 2.53. The standard InChI is InChI=1S/C17H33N5OS/c1-17(2,22-21-14-10-6-5-7-11-14)20-16(24)19-13-9-4-3-8-12-15(18)23/h22H,3-13H2,1-2H3,(H2,18,23)(H2,19,20,24). The topological polar surface area (TPSA) is 91.5 Å². The molecule has 0 heterocycles. The molecule has 1 amide bonds. The molecule has 1 fully saturated rings. The molecule has 0 aromatic heterocycles. The van der Waals surface area contributed by atoms with E-state index >= 15 is 0 Å². The fourth-order valence-corrected chi connectivity index (χ4v) is 2.98. The smallest absolute Gasteiger partial charge is 0.217 e. The van der Waals surface area contributed by atoms with Crippen molar-refractivity contribution in [1.82, 2.24) is 16.1 Å². The van der Waals surface area contributed by atoms with Gasteiger partial charge in [-0.05, 0) is 64.6 Å². The average molecular weight is 356 g/mol. The summed E-state index contributed by atoms with van der Waals surface area (Å²) in [5.41, 5.74) is 9.18. The van der Waals surface area contributed by atoms with Crippen LogP contribution in [0, 0.1) is 0 Å². The first-order valence-electron chi connectivity index (χ1n) is 9.06. The summed E-state index contributed by atoms with van der Waals surface area (Å²) in [4.78, 5) is 10.6. The van der Waals surface area contributed by atoms with Gasteiger partial charge in [0.15, 0.2) is 5.11 Å². The number of carbonyl (C=O) groups is 1. The second kappa shape index (κ2) is 11.2. The van der Waals surface area contributed by atoms with Gasteiger partial charge in [0.25, 0.3) is 0 Å². The van der Waals surface area contributed by atoms with E-state index in [0.717, 1.165) is 45.1 Å². The van der Waals surface area contributed by atoms with Gasteiger partial charge in [-0.3, -0.25) is 10.2 Å². The number of unbranched alkanes of at least 4 members (excludes halogenated alkanes) is 3. The zero-order valence-corrected chi connectivity index (χ0v) is 15.9. The van der Waals surface area contributed by atoms with Crippen LogP contribution in [0.1, 0.15) is 78.1 Å². The van der Waals surface area contributed by atoms with Gasteiger partial charge in [0.05, 0.1) is 0 Å². The van der Waals surface area contributed by atoms with Crippen LogP contribution in [-0.4, -0.2) is 28.9 Å². The fourth-order valence-electron chi connectivity index (χ4n) is 2.63. The van der Waals surface area contributed by atoms with Crippen molar-refractivity contribution in [2.24, 2.45) is 10.8 Å². The Bertz CT molecular complexity index is 429. The van der Waals surface area contributed by atoms with E-state index in [2.05, 4.69) is 21.2 Å². The SMILES string of the molecule is CC(C)(NN=C1CCCCC1)NC(=S)NCCCCCCC(N)=O. The Morgan fingerprint density at radius 1 is 1.17 bits per heavy atom. The van der Waals surface area contributed by atoms with E-state index in [4.69, 9.17) is 18.0 Å². The van der Waals surface area contributed by atoms with E-state index in [-0.39, 0.29) is 11.6 Å². The van der Waals surface area contributed by atoms with Gasteiger partial charge in [-0.15, -0.1) is 0 Å². The molecule has 0 saturated heterocycles. The molecule has 0 aromatic carbocycles. The number of nitrogens with one attached hydrogen (secondary N) is 3. The maximum atomic E-state index is 10.6. The van der Waals surface area contributed by atoms with Crippen LogP contribution in [0.15, 0.2) is 5.10 Å². The van der Waals surface area contributed by atoms with Gasteiger partial charge in [0, 0.05) is 18.7 Å². The first-order chi connectivity index (χ1) is 11.4. The molecule has 1 rings (SSSR count). The van der Waals surface area contributed by atoms with Crippen molar-refractivity contribution in [2.45, 2.75) is 83.7 Å². The van der Waals surface area contributed by atoms with Crippen LogP contribution in [-0.2, 0) is 4.79 Å². The van der Waals surface area contributed by atoms with Gasteiger partial charge in [-0.25, -0.2) is 0 Å². The van der Waals surface area contributed by atoms with Crippen molar-refractivity contribution < 1.29 is 4.79 Å². The molecule has 24 heavy (non-hydrogen) atoms. The van der Waals surface area contributed by atoms with Crippen molar-refractivity contribution in [3.8, 4) is 0 Å². The van der Waals surface area contributed by atoms with Gasteiger partial charge in [0.2, 0.25) is 5.91 Å². The number of thiocarbonyl (C=S) groups is 1. The molecule has 0 aliphatic heterocycles. The number of hydrogen-bond donors (Lipinski definition) is 4. The summed E-state index contributed by atoms with van der Waals surface area (Å²) in [5, 5.41) is 11.6. The molecule has 7 heteroatoms. The second-order valence-electron chi connectivity index (χ2n) is 6.99. The molecule has 0 aromatic rings. The summed E-state index contributed by atoms with van der Waals surface area (Å²) < 4.78 is 0. The summed E-state index contributed by atoms with van der Waals surface area (Å²) in [6.07, 6.45) is 10.5. The Kier molecular flexibility index (Phi) is 9.67. The molecule has 1 aliphatic carbocycles. The lowest BCUT2D eigenvalue weighted by atomic mass is 9.99. The Labute approximate surface area is 151 Å². The van der Waals surface area contributed by atoms with Gasteiger partial charge in [-0.1, -0.05) is 19.3 Å². The Morgan fingerprint density at radius 2 is 1.83 bits per heavy atom. The van der Waals surface area contributed by atoms with Crippen molar-refractivity contribution in [1.29, 1.82) is 0 Å². The minimum atomic E-state index is -0.379. The first kappa shape index (κ1) is 20.7. The van der Waals surface area contributed by atoms with Crippen LogP contribution in [0.3, 0.4) is 0 Å². The number of amides is 1. The highest BCUT2D eigenvalue weighted by atomic mass is 32.1. The molecule has 6 nitrogen and oxygen atoms in total. The van der Waals surface area contributed by atoms with Gasteiger partial charge in [-0.2, -0.15) is 5.10 Å². The molecule has 0 atom stereocenters. The molecule has 0 bridgehead atoms. The summed E-state index contributed by atoms with van der Waals surface area (Å²) >= 11 is 5.34. The van der Waals surface area contributed by atoms with Gasteiger partial charge in [0.1, 0.15) is 5.66 Å². The highest BCUT2D eigenvalue weighted by Crippen LogP contribution is 2.14. The second-order valence-corrected chi connectivity index (χ2v) is 7.40. The number of hydrazone groups is 1. The fraction of sp³-hybridized carbons (Fsp3) is 0.824. The summed E-state index contributed by atoms with van der Waals surface area (Å²) in [5.74, 6) is -0.218. The summed E-state index contributed by atoms with van der Waals surface area (Å²) in [7, 11) is 0. The average Bonchev–Trinajstić information content (AvgIpc) is 2.52. The van der Waals surface area contributed by atoms with Crippen LogP contribution >= 0.6 is 12.2 Å². The van der Waals surface area contributed by atoms with Crippen molar-refractivity contribution in [3.05, 3.63) is 0 Å². The van der Waals surface area contributed by atoms with Gasteiger partial charge >= 0.3 is 0 Å². The first-order valence-corrected chi connectivity index (χ1v) is 9.47. The molecular weight excluding hydrogens is 322 g/mol. The van der Waals surface area contributed by atoms with Gasteiger partial charge < -0.3 is 16.4 Å². The predicted molar refractivity (Wildman–Crippen MR) is 104 cm³/mol. The Hall–Kier alpha value is -1.37. The van der Waals surface area contributed by atoms with E-state index in [1.807, 2.05) is 13.8 Å². The maximum Gasteiger partial charge on any atom is 0.217 e. The van der Waals surface area contributed by atoms with E-state index in [9.17, 15) is 4.79 Å². The molecule has 0 spiro atoms. The third-order valence-corrected chi connectivity index (χ3v) is 4.23. The van der Waals surface area contributed by atoms with Crippen LogP contribution in [0.2, 0.25) is 0 Å². The van der Waals surface area contributed by atoms with E-state index in [1.165, 1.54) is 25.0 Å². The zero-order valence-electron chi connectivity index (χ0n) is 15.1. The number of rotatable bonds is 10. The van der Waals surface area contributed by atoms with E-state index < -0.39 is 0 Å². The molecule has 0 radical (unpaired) electrons. The maximum absolute atomic E-state index is 10.6. The minimum Gasteiger partial charge on any atom is -0.370 e. The molecular formula is C17H33N5OS. The monoisotopic (exact) mass is 355 g/mol. The number of primary amides is 1. The lowest BCUT2D eigenvalue weighted by Crippen LogP contribution is -2.55. The third-order valence-electron chi connectivity index (χ3n) is 3.99. The number of nitrogens with two attached hydrogens (primary N) is 1. The quantitative estimate of drug-likeness (QED) is 0.209. The van der Waals surface area contributed by atoms with Crippen molar-refractivity contribution in [2.75, 3.05) is 6.54 Å². The van der Waals surface area contributed by atoms with Crippen LogP contribution < -0.4 is 21.8 Å². The van der Waals surface area contributed by atoms with E-state index in [0.29, 0.717) is 11.5 Å². The number of nitrogens with zero attached hydrogens (tertiary/aromatic N) is 1. The zero-order chi connectivity index (χ0) is 17.8. The highest BCUT2D eigenvalue weighted by molar-refractivity contribution is 7.80. The Morgan fingerprint density at radius 3 is 2.50 bits per heavy atom. The van der Waals surface area contributed by atoms with E-state index in [1.54, 1.807) is 0 Å². The molecule has 0 unspecified atom stereocenters. The minimum absolute atomic E-state index is 0.218. The van der Waals surface area contributed by atoms with Crippen LogP contribution in [0.4, 0.5) is 0 Å². The lowest BCUT2D eigenvalue weighted by Gasteiger charge is -2.28. The van der Waals surface area contributed by atoms with Crippen molar-refractivity contribution in [3.63, 3.8) is 0 Å². The third kappa shape index (κ3) is 10.4. The van der Waals surface area contributed by atoms with Crippen molar-refractivity contribution >= 4 is 28.9 Å². The lowest BCUT2D eigenvalue weighted by molar-refractivity contribution is -0.118. The number of hydrogen-bond acceptors (Lipinski definition) is 4. The molecule has 1 aliphatic rings. The molecule has 5 N–H and O–H groups in total. The molecule has 1 saturated carbocycles. The summed E-state index contributed by atoms with van der Waals surface area (Å²) in [6.45, 7) is 4.88. The van der Waals surface area contributed by atoms with Crippen LogP contribution in [0.5, 0.6) is 0 Å². The normalized spacial score (nSPS) is 14.8. The molecule has 138 valence electrons. The van der Waals surface area contributed by atoms with Crippen LogP contribution in [0.25, 0.3) is 0 Å². The summed E-state index contributed by atoms with van der Waals surface area (Å²) in [6, 6.07) is 0. The highest BCUT2D eigenvalue weighted by Gasteiger charge is 2.18. The Balaban J connectivity index is 2.12. The largest absolute Gasteiger partial charge is 0.370 e. The number of carbonyl (C=O) groups excluding carboxylic acids is 1.